The van der Waals surface area contributed by atoms with Crippen LogP contribution in [0.5, 0.6) is 0 Å². The zero-order chi connectivity index (χ0) is 16.4. The van der Waals surface area contributed by atoms with Gasteiger partial charge in [-0.25, -0.2) is 0 Å². The number of rotatable bonds is 4. The fraction of sp³-hybridized carbons (Fsp3) is 0.294. The number of furan rings is 1. The Hall–Kier alpha value is -2.60. The molecule has 0 spiro atoms. The van der Waals surface area contributed by atoms with Crippen molar-refractivity contribution in [3.63, 3.8) is 0 Å². The Balaban J connectivity index is 1.73. The van der Waals surface area contributed by atoms with Gasteiger partial charge < -0.3 is 19.4 Å². The number of methoxy groups -OCH3 is 1. The third-order valence-corrected chi connectivity index (χ3v) is 3.79. The Kier molecular flexibility index (Phi) is 4.16. The van der Waals surface area contributed by atoms with Crippen molar-refractivity contribution < 1.29 is 18.7 Å². The minimum atomic E-state index is -0.311. The number of ether oxygens (including phenoxy) is 1. The molecule has 6 heteroatoms. The van der Waals surface area contributed by atoms with Gasteiger partial charge in [0.25, 0.3) is 5.91 Å². The van der Waals surface area contributed by atoms with Crippen molar-refractivity contribution in [2.45, 2.75) is 20.0 Å². The Labute approximate surface area is 134 Å². The third kappa shape index (κ3) is 3.12. The van der Waals surface area contributed by atoms with Gasteiger partial charge >= 0.3 is 0 Å². The fourth-order valence-corrected chi connectivity index (χ4v) is 2.72. The maximum absolute atomic E-state index is 12.2. The monoisotopic (exact) mass is 314 g/mol. The highest BCUT2D eigenvalue weighted by atomic mass is 16.5. The van der Waals surface area contributed by atoms with E-state index in [-0.39, 0.29) is 17.6 Å². The topological polar surface area (TPSA) is 71.8 Å². The van der Waals surface area contributed by atoms with Crippen LogP contribution in [0.25, 0.3) is 0 Å². The van der Waals surface area contributed by atoms with Crippen molar-refractivity contribution >= 4 is 23.2 Å². The molecule has 0 fully saturated rings. The SMILES string of the molecule is COCc1ccc(C(=O)Nc2ccc3c(c2)CCN3C(C)=O)o1. The van der Waals surface area contributed by atoms with Crippen LogP contribution in [0.15, 0.2) is 34.7 Å². The maximum atomic E-state index is 12.2. The number of benzene rings is 1. The van der Waals surface area contributed by atoms with Crippen molar-refractivity contribution in [1.29, 1.82) is 0 Å². The summed E-state index contributed by atoms with van der Waals surface area (Å²) in [6.07, 6.45) is 0.789. The smallest absolute Gasteiger partial charge is 0.291 e. The molecular weight excluding hydrogens is 296 g/mol. The van der Waals surface area contributed by atoms with E-state index < -0.39 is 0 Å². The van der Waals surface area contributed by atoms with Gasteiger partial charge in [-0.3, -0.25) is 9.59 Å². The molecule has 0 saturated heterocycles. The molecule has 1 aliphatic rings. The van der Waals surface area contributed by atoms with Gasteiger partial charge in [-0.15, -0.1) is 0 Å². The van der Waals surface area contributed by atoms with Gasteiger partial charge in [0.2, 0.25) is 5.91 Å². The standard InChI is InChI=1S/C17H18N2O4/c1-11(20)19-8-7-12-9-13(3-5-15(12)19)18-17(21)16-6-4-14(23-16)10-22-2/h3-6,9H,7-8,10H2,1-2H3,(H,18,21). The van der Waals surface area contributed by atoms with E-state index in [1.165, 1.54) is 0 Å². The minimum absolute atomic E-state index is 0.0294. The van der Waals surface area contributed by atoms with Gasteiger partial charge in [0, 0.05) is 32.0 Å². The van der Waals surface area contributed by atoms with Crippen LogP contribution in [0.1, 0.15) is 28.8 Å². The molecule has 1 aromatic heterocycles. The number of amides is 2. The van der Waals surface area contributed by atoms with Crippen LogP contribution >= 0.6 is 0 Å². The van der Waals surface area contributed by atoms with Crippen LogP contribution in [0.4, 0.5) is 11.4 Å². The van der Waals surface area contributed by atoms with Crippen LogP contribution in [0.2, 0.25) is 0 Å². The number of nitrogens with one attached hydrogen (secondary N) is 1. The second-order valence-electron chi connectivity index (χ2n) is 5.42. The van der Waals surface area contributed by atoms with Gasteiger partial charge in [0.05, 0.1) is 0 Å². The third-order valence-electron chi connectivity index (χ3n) is 3.79. The van der Waals surface area contributed by atoms with E-state index in [1.807, 2.05) is 12.1 Å². The lowest BCUT2D eigenvalue weighted by molar-refractivity contribution is -0.116. The molecule has 1 aliphatic heterocycles. The van der Waals surface area contributed by atoms with Crippen LogP contribution in [0, 0.1) is 0 Å². The lowest BCUT2D eigenvalue weighted by atomic mass is 10.1. The Morgan fingerprint density at radius 2 is 2.13 bits per heavy atom. The minimum Gasteiger partial charge on any atom is -0.453 e. The number of hydrogen-bond acceptors (Lipinski definition) is 4. The lowest BCUT2D eigenvalue weighted by Crippen LogP contribution is -2.25. The van der Waals surface area contributed by atoms with Gasteiger partial charge in [0.1, 0.15) is 12.4 Å². The molecule has 0 unspecified atom stereocenters. The highest BCUT2D eigenvalue weighted by Gasteiger charge is 2.22. The number of fused-ring (bicyclic) bond motifs is 1. The van der Waals surface area contributed by atoms with Gasteiger partial charge in [-0.05, 0) is 42.3 Å². The molecule has 6 nitrogen and oxygen atoms in total. The van der Waals surface area contributed by atoms with Crippen molar-refractivity contribution in [1.82, 2.24) is 0 Å². The highest BCUT2D eigenvalue weighted by Crippen LogP contribution is 2.30. The Morgan fingerprint density at radius 3 is 2.87 bits per heavy atom. The van der Waals surface area contributed by atoms with E-state index in [9.17, 15) is 9.59 Å². The molecule has 23 heavy (non-hydrogen) atoms. The molecule has 2 amide bonds. The molecule has 0 aliphatic carbocycles. The molecule has 2 heterocycles. The van der Waals surface area contributed by atoms with Crippen molar-refractivity contribution in [2.24, 2.45) is 0 Å². The zero-order valence-corrected chi connectivity index (χ0v) is 13.1. The van der Waals surface area contributed by atoms with E-state index in [1.54, 1.807) is 37.1 Å². The van der Waals surface area contributed by atoms with E-state index in [2.05, 4.69) is 5.32 Å². The molecule has 1 aromatic carbocycles. The van der Waals surface area contributed by atoms with Crippen LogP contribution < -0.4 is 10.2 Å². The molecule has 120 valence electrons. The van der Waals surface area contributed by atoms with E-state index in [4.69, 9.17) is 9.15 Å². The summed E-state index contributed by atoms with van der Waals surface area (Å²) in [4.78, 5) is 25.5. The van der Waals surface area contributed by atoms with E-state index in [0.717, 1.165) is 17.7 Å². The molecule has 3 rings (SSSR count). The first-order chi connectivity index (χ1) is 11.1. The zero-order valence-electron chi connectivity index (χ0n) is 13.1. The van der Waals surface area contributed by atoms with Gasteiger partial charge in [0.15, 0.2) is 5.76 Å². The summed E-state index contributed by atoms with van der Waals surface area (Å²) in [6, 6.07) is 8.88. The van der Waals surface area contributed by atoms with E-state index in [0.29, 0.717) is 24.6 Å². The molecule has 2 aromatic rings. The Morgan fingerprint density at radius 1 is 1.30 bits per heavy atom. The quantitative estimate of drug-likeness (QED) is 0.941. The molecule has 0 radical (unpaired) electrons. The number of carbonyl (C=O) groups is 2. The average Bonchev–Trinajstić information content (AvgIpc) is 3.13. The van der Waals surface area contributed by atoms with Crippen LogP contribution in [-0.4, -0.2) is 25.5 Å². The van der Waals surface area contributed by atoms with Crippen LogP contribution in [0.3, 0.4) is 0 Å². The lowest BCUT2D eigenvalue weighted by Gasteiger charge is -2.14. The number of carbonyl (C=O) groups excluding carboxylic acids is 2. The molecule has 0 atom stereocenters. The highest BCUT2D eigenvalue weighted by molar-refractivity contribution is 6.02. The first kappa shape index (κ1) is 15.3. The summed E-state index contributed by atoms with van der Waals surface area (Å²) in [5, 5.41) is 2.81. The second kappa shape index (κ2) is 6.26. The number of anilines is 2. The predicted octanol–water partition coefficient (Wildman–Crippen LogP) is 2.59. The first-order valence-corrected chi connectivity index (χ1v) is 7.38. The molecule has 0 saturated carbocycles. The van der Waals surface area contributed by atoms with E-state index >= 15 is 0 Å². The molecule has 1 N–H and O–H groups in total. The number of hydrogen-bond donors (Lipinski definition) is 1. The van der Waals surface area contributed by atoms with Crippen molar-refractivity contribution in [3.05, 3.63) is 47.4 Å². The number of nitrogens with zero attached hydrogens (tertiary/aromatic N) is 1. The molecular formula is C17H18N2O4. The predicted molar refractivity (Wildman–Crippen MR) is 85.5 cm³/mol. The molecule has 0 bridgehead atoms. The van der Waals surface area contributed by atoms with Crippen LogP contribution in [-0.2, 0) is 22.6 Å². The summed E-state index contributed by atoms with van der Waals surface area (Å²) >= 11 is 0. The van der Waals surface area contributed by atoms with Gasteiger partial charge in [-0.2, -0.15) is 0 Å². The summed E-state index contributed by atoms with van der Waals surface area (Å²) in [5.41, 5.74) is 2.65. The maximum Gasteiger partial charge on any atom is 0.291 e. The summed E-state index contributed by atoms with van der Waals surface area (Å²) in [7, 11) is 1.57. The summed E-state index contributed by atoms with van der Waals surface area (Å²) in [6.45, 7) is 2.56. The van der Waals surface area contributed by atoms with Crippen molar-refractivity contribution in [3.8, 4) is 0 Å². The summed E-state index contributed by atoms with van der Waals surface area (Å²) in [5.74, 6) is 0.558. The largest absolute Gasteiger partial charge is 0.453 e. The normalized spacial score (nSPS) is 13.0. The average molecular weight is 314 g/mol. The first-order valence-electron chi connectivity index (χ1n) is 7.38. The second-order valence-corrected chi connectivity index (χ2v) is 5.42. The van der Waals surface area contributed by atoms with Gasteiger partial charge in [-0.1, -0.05) is 0 Å². The Bertz CT molecular complexity index is 751. The summed E-state index contributed by atoms with van der Waals surface area (Å²) < 4.78 is 10.4. The fourth-order valence-electron chi connectivity index (χ4n) is 2.72. The van der Waals surface area contributed by atoms with Crippen molar-refractivity contribution in [2.75, 3.05) is 23.9 Å².